The fraction of sp³-hybridized carbons (Fsp3) is 0.923. The van der Waals surface area contributed by atoms with Crippen LogP contribution in [-0.2, 0) is 14.3 Å². The molecule has 2 atom stereocenters. The van der Waals surface area contributed by atoms with Gasteiger partial charge in [0.05, 0.1) is 18.8 Å². The SMILES string of the molecule is O=C(CCC1CCCCO1)NCC1CNCCO1. The molecule has 0 saturated carbocycles. The Kier molecular flexibility index (Phi) is 5.90. The summed E-state index contributed by atoms with van der Waals surface area (Å²) in [4.78, 5) is 11.7. The molecule has 0 aromatic heterocycles. The van der Waals surface area contributed by atoms with Gasteiger partial charge in [-0.2, -0.15) is 0 Å². The van der Waals surface area contributed by atoms with E-state index < -0.39 is 0 Å². The second-order valence-corrected chi connectivity index (χ2v) is 5.03. The molecule has 0 aliphatic carbocycles. The summed E-state index contributed by atoms with van der Waals surface area (Å²) in [6.07, 6.45) is 5.30. The third-order valence-corrected chi connectivity index (χ3v) is 3.50. The van der Waals surface area contributed by atoms with Crippen molar-refractivity contribution in [3.05, 3.63) is 0 Å². The summed E-state index contributed by atoms with van der Waals surface area (Å²) in [5.74, 6) is 0.110. The molecule has 5 nitrogen and oxygen atoms in total. The first-order chi connectivity index (χ1) is 8.84. The molecule has 0 aromatic rings. The van der Waals surface area contributed by atoms with Gasteiger partial charge in [-0.05, 0) is 25.7 Å². The van der Waals surface area contributed by atoms with E-state index in [1.807, 2.05) is 0 Å². The van der Waals surface area contributed by atoms with Gasteiger partial charge < -0.3 is 20.1 Å². The third kappa shape index (κ3) is 4.92. The highest BCUT2D eigenvalue weighted by Gasteiger charge is 2.17. The molecule has 104 valence electrons. The first-order valence-corrected chi connectivity index (χ1v) is 7.05. The third-order valence-electron chi connectivity index (χ3n) is 3.50. The molecular weight excluding hydrogens is 232 g/mol. The van der Waals surface area contributed by atoms with Crippen molar-refractivity contribution in [2.24, 2.45) is 0 Å². The smallest absolute Gasteiger partial charge is 0.220 e. The van der Waals surface area contributed by atoms with Crippen LogP contribution in [0, 0.1) is 0 Å². The minimum Gasteiger partial charge on any atom is -0.378 e. The fourth-order valence-electron chi connectivity index (χ4n) is 2.39. The average Bonchev–Trinajstić information content (AvgIpc) is 2.45. The number of carbonyl (C=O) groups is 1. The maximum absolute atomic E-state index is 11.7. The van der Waals surface area contributed by atoms with Crippen molar-refractivity contribution in [2.75, 3.05) is 32.8 Å². The second kappa shape index (κ2) is 7.71. The molecule has 2 aliphatic heterocycles. The highest BCUT2D eigenvalue weighted by atomic mass is 16.5. The number of nitrogens with one attached hydrogen (secondary N) is 2. The summed E-state index contributed by atoms with van der Waals surface area (Å²) in [6, 6.07) is 0. The van der Waals surface area contributed by atoms with Crippen molar-refractivity contribution < 1.29 is 14.3 Å². The molecule has 0 radical (unpaired) electrons. The van der Waals surface area contributed by atoms with E-state index in [1.165, 1.54) is 6.42 Å². The number of hydrogen-bond donors (Lipinski definition) is 2. The predicted octanol–water partition coefficient (Wildman–Crippen LogP) is 0.440. The van der Waals surface area contributed by atoms with Gasteiger partial charge >= 0.3 is 0 Å². The van der Waals surface area contributed by atoms with E-state index in [9.17, 15) is 4.79 Å². The van der Waals surface area contributed by atoms with E-state index in [1.54, 1.807) is 0 Å². The van der Waals surface area contributed by atoms with Gasteiger partial charge in [0.1, 0.15) is 0 Å². The molecule has 2 rings (SSSR count). The van der Waals surface area contributed by atoms with Crippen molar-refractivity contribution >= 4 is 5.91 Å². The van der Waals surface area contributed by atoms with Crippen LogP contribution in [0.3, 0.4) is 0 Å². The van der Waals surface area contributed by atoms with Crippen LogP contribution in [0.4, 0.5) is 0 Å². The summed E-state index contributed by atoms with van der Waals surface area (Å²) >= 11 is 0. The Bertz CT molecular complexity index is 225. The Labute approximate surface area is 109 Å². The van der Waals surface area contributed by atoms with E-state index in [-0.39, 0.29) is 18.1 Å². The molecule has 2 N–H and O–H groups in total. The van der Waals surface area contributed by atoms with Crippen LogP contribution in [0.1, 0.15) is 32.1 Å². The van der Waals surface area contributed by atoms with E-state index in [2.05, 4.69) is 10.6 Å². The second-order valence-electron chi connectivity index (χ2n) is 5.03. The molecule has 2 unspecified atom stereocenters. The lowest BCUT2D eigenvalue weighted by atomic mass is 10.0. The van der Waals surface area contributed by atoms with Gasteiger partial charge in [0.25, 0.3) is 0 Å². The largest absolute Gasteiger partial charge is 0.378 e. The fourth-order valence-corrected chi connectivity index (χ4v) is 2.39. The van der Waals surface area contributed by atoms with Crippen LogP contribution in [0.25, 0.3) is 0 Å². The summed E-state index contributed by atoms with van der Waals surface area (Å²) in [5, 5.41) is 6.18. The van der Waals surface area contributed by atoms with Gasteiger partial charge in [0.2, 0.25) is 5.91 Å². The minimum atomic E-state index is 0.110. The van der Waals surface area contributed by atoms with E-state index in [4.69, 9.17) is 9.47 Å². The number of carbonyl (C=O) groups excluding carboxylic acids is 1. The maximum Gasteiger partial charge on any atom is 0.220 e. The van der Waals surface area contributed by atoms with Crippen molar-refractivity contribution in [3.8, 4) is 0 Å². The first kappa shape index (κ1) is 13.8. The summed E-state index contributed by atoms with van der Waals surface area (Å²) in [5.41, 5.74) is 0. The van der Waals surface area contributed by atoms with Crippen LogP contribution in [0.15, 0.2) is 0 Å². The first-order valence-electron chi connectivity index (χ1n) is 7.05. The van der Waals surface area contributed by atoms with Crippen molar-refractivity contribution in [3.63, 3.8) is 0 Å². The molecular formula is C13H24N2O3. The molecule has 0 aromatic carbocycles. The van der Waals surface area contributed by atoms with Gasteiger partial charge in [-0.1, -0.05) is 0 Å². The van der Waals surface area contributed by atoms with Crippen LogP contribution < -0.4 is 10.6 Å². The predicted molar refractivity (Wildman–Crippen MR) is 68.4 cm³/mol. The molecule has 2 fully saturated rings. The summed E-state index contributed by atoms with van der Waals surface area (Å²) in [7, 11) is 0. The Hall–Kier alpha value is -0.650. The van der Waals surface area contributed by atoms with Gasteiger partial charge in [-0.25, -0.2) is 0 Å². The number of rotatable bonds is 5. The molecule has 2 saturated heterocycles. The minimum absolute atomic E-state index is 0.110. The lowest BCUT2D eigenvalue weighted by Gasteiger charge is -2.24. The molecule has 18 heavy (non-hydrogen) atoms. The van der Waals surface area contributed by atoms with Gasteiger partial charge in [0.15, 0.2) is 0 Å². The lowest BCUT2D eigenvalue weighted by molar-refractivity contribution is -0.122. The topological polar surface area (TPSA) is 59.6 Å². The molecule has 0 spiro atoms. The standard InChI is InChI=1S/C13H24N2O3/c16-13(5-4-11-3-1-2-7-17-11)15-10-12-9-14-6-8-18-12/h11-12,14H,1-10H2,(H,15,16). The highest BCUT2D eigenvalue weighted by Crippen LogP contribution is 2.16. The van der Waals surface area contributed by atoms with Crippen molar-refractivity contribution in [2.45, 2.75) is 44.3 Å². The molecule has 1 amide bonds. The van der Waals surface area contributed by atoms with Crippen molar-refractivity contribution in [1.29, 1.82) is 0 Å². The zero-order valence-corrected chi connectivity index (χ0v) is 11.0. The lowest BCUT2D eigenvalue weighted by Crippen LogP contribution is -2.45. The van der Waals surface area contributed by atoms with Gasteiger partial charge in [-0.3, -0.25) is 4.79 Å². The normalized spacial score (nSPS) is 28.9. The Balaban J connectivity index is 1.54. The molecule has 2 heterocycles. The van der Waals surface area contributed by atoms with E-state index >= 15 is 0 Å². The summed E-state index contributed by atoms with van der Waals surface area (Å²) < 4.78 is 11.1. The monoisotopic (exact) mass is 256 g/mol. The van der Waals surface area contributed by atoms with E-state index in [0.717, 1.165) is 45.6 Å². The van der Waals surface area contributed by atoms with Crippen LogP contribution in [0.2, 0.25) is 0 Å². The quantitative estimate of drug-likeness (QED) is 0.749. The highest BCUT2D eigenvalue weighted by molar-refractivity contribution is 5.75. The maximum atomic E-state index is 11.7. The number of hydrogen-bond acceptors (Lipinski definition) is 4. The van der Waals surface area contributed by atoms with E-state index in [0.29, 0.717) is 13.0 Å². The van der Waals surface area contributed by atoms with Crippen LogP contribution in [0.5, 0.6) is 0 Å². The molecule has 2 aliphatic rings. The number of morpholine rings is 1. The van der Waals surface area contributed by atoms with Crippen molar-refractivity contribution in [1.82, 2.24) is 10.6 Å². The zero-order valence-electron chi connectivity index (χ0n) is 11.0. The molecule has 0 bridgehead atoms. The zero-order chi connectivity index (χ0) is 12.6. The van der Waals surface area contributed by atoms with Gasteiger partial charge in [-0.15, -0.1) is 0 Å². The summed E-state index contributed by atoms with van der Waals surface area (Å²) in [6.45, 7) is 3.93. The number of amides is 1. The van der Waals surface area contributed by atoms with Crippen LogP contribution in [-0.4, -0.2) is 51.0 Å². The van der Waals surface area contributed by atoms with Crippen LogP contribution >= 0.6 is 0 Å². The molecule has 5 heteroatoms. The number of ether oxygens (including phenoxy) is 2. The Morgan fingerprint density at radius 1 is 1.22 bits per heavy atom. The van der Waals surface area contributed by atoms with Gasteiger partial charge in [0, 0.05) is 32.7 Å². The Morgan fingerprint density at radius 2 is 2.11 bits per heavy atom. The average molecular weight is 256 g/mol. The Morgan fingerprint density at radius 3 is 2.83 bits per heavy atom.